The van der Waals surface area contributed by atoms with E-state index in [1.807, 2.05) is 0 Å². The first kappa shape index (κ1) is 12.9. The van der Waals surface area contributed by atoms with Gasteiger partial charge in [-0.3, -0.25) is 0 Å². The molecule has 104 valence electrons. The van der Waals surface area contributed by atoms with Crippen LogP contribution in [-0.4, -0.2) is 27.8 Å². The van der Waals surface area contributed by atoms with Crippen molar-refractivity contribution in [3.8, 4) is 0 Å². The van der Waals surface area contributed by atoms with Gasteiger partial charge in [-0.1, -0.05) is 0 Å². The standard InChI is InChI=1S/C11H18NO4S2/c1-17(13,14)12-18(15,16)11-5-8-2-9(6-11)4-10(3-8)7-11/h8-10H,2-7H2,1H3/q-1. The van der Waals surface area contributed by atoms with Crippen molar-refractivity contribution < 1.29 is 16.8 Å². The minimum absolute atomic E-state index is 0.459. The summed E-state index contributed by atoms with van der Waals surface area (Å²) >= 11 is 0. The third-order valence-corrected chi connectivity index (χ3v) is 8.23. The molecule has 4 aliphatic carbocycles. The lowest BCUT2D eigenvalue weighted by atomic mass is 9.56. The van der Waals surface area contributed by atoms with Crippen LogP contribution >= 0.6 is 0 Å². The highest BCUT2D eigenvalue weighted by molar-refractivity contribution is 8.12. The Labute approximate surface area is 108 Å². The lowest BCUT2D eigenvalue weighted by molar-refractivity contribution is 0.0343. The van der Waals surface area contributed by atoms with E-state index in [0.29, 0.717) is 37.0 Å². The number of rotatable bonds is 3. The second-order valence-corrected chi connectivity index (χ2v) is 10.3. The van der Waals surface area contributed by atoms with Crippen LogP contribution < -0.4 is 0 Å². The van der Waals surface area contributed by atoms with Gasteiger partial charge in [0.2, 0.25) is 0 Å². The molecule has 18 heavy (non-hydrogen) atoms. The second kappa shape index (κ2) is 3.70. The predicted molar refractivity (Wildman–Crippen MR) is 68.0 cm³/mol. The quantitative estimate of drug-likeness (QED) is 0.791. The Morgan fingerprint density at radius 3 is 1.61 bits per heavy atom. The van der Waals surface area contributed by atoms with Crippen molar-refractivity contribution in [3.05, 3.63) is 4.13 Å². The van der Waals surface area contributed by atoms with Crippen LogP contribution in [0.5, 0.6) is 0 Å². The molecule has 0 aromatic carbocycles. The highest BCUT2D eigenvalue weighted by atomic mass is 32.3. The molecule has 4 bridgehead atoms. The van der Waals surface area contributed by atoms with E-state index < -0.39 is 24.8 Å². The van der Waals surface area contributed by atoms with Crippen LogP contribution in [0.2, 0.25) is 0 Å². The predicted octanol–water partition coefficient (Wildman–Crippen LogP) is 1.62. The molecule has 0 amide bonds. The summed E-state index contributed by atoms with van der Waals surface area (Å²) in [5, 5.41) is 0. The van der Waals surface area contributed by atoms with Gasteiger partial charge in [-0.05, 0) is 56.3 Å². The molecule has 7 heteroatoms. The van der Waals surface area contributed by atoms with Crippen LogP contribution in [0.15, 0.2) is 0 Å². The molecule has 4 aliphatic rings. The number of sulfonamides is 2. The van der Waals surface area contributed by atoms with Crippen molar-refractivity contribution >= 4 is 20.0 Å². The van der Waals surface area contributed by atoms with Crippen molar-refractivity contribution in [2.24, 2.45) is 17.8 Å². The Morgan fingerprint density at radius 1 is 0.889 bits per heavy atom. The lowest BCUT2D eigenvalue weighted by Crippen LogP contribution is -2.54. The first-order valence-corrected chi connectivity index (χ1v) is 9.67. The minimum atomic E-state index is -3.90. The Kier molecular flexibility index (Phi) is 2.65. The highest BCUT2D eigenvalue weighted by Gasteiger charge is 2.55. The first-order valence-electron chi connectivity index (χ1n) is 6.38. The van der Waals surface area contributed by atoms with Crippen LogP contribution in [0.1, 0.15) is 38.5 Å². The van der Waals surface area contributed by atoms with Gasteiger partial charge in [-0.25, -0.2) is 16.8 Å². The molecule has 0 radical (unpaired) electrons. The zero-order valence-corrected chi connectivity index (χ0v) is 12.0. The molecular weight excluding hydrogens is 274 g/mol. The van der Waals surface area contributed by atoms with E-state index in [1.165, 1.54) is 0 Å². The van der Waals surface area contributed by atoms with Crippen molar-refractivity contribution in [2.45, 2.75) is 43.3 Å². The Bertz CT molecular complexity index is 529. The van der Waals surface area contributed by atoms with E-state index in [2.05, 4.69) is 4.13 Å². The van der Waals surface area contributed by atoms with E-state index in [4.69, 9.17) is 0 Å². The van der Waals surface area contributed by atoms with Crippen LogP contribution in [0.4, 0.5) is 0 Å². The summed E-state index contributed by atoms with van der Waals surface area (Å²) in [6.07, 6.45) is 6.04. The smallest absolute Gasteiger partial charge is 0.0888 e. The molecule has 0 aliphatic heterocycles. The van der Waals surface area contributed by atoms with Crippen molar-refractivity contribution in [1.82, 2.24) is 0 Å². The maximum Gasteiger partial charge on any atom is 0.0888 e. The third-order valence-electron chi connectivity index (χ3n) is 4.76. The van der Waals surface area contributed by atoms with E-state index in [-0.39, 0.29) is 0 Å². The van der Waals surface area contributed by atoms with Crippen molar-refractivity contribution in [2.75, 3.05) is 6.26 Å². The summed E-state index contributed by atoms with van der Waals surface area (Å²) in [5.74, 6) is 1.38. The summed E-state index contributed by atoms with van der Waals surface area (Å²) in [7, 11) is -7.74. The van der Waals surface area contributed by atoms with Gasteiger partial charge in [0.15, 0.2) is 0 Å². The molecule has 4 rings (SSSR count). The zero-order chi connectivity index (χ0) is 13.2. The normalized spacial score (nSPS) is 43.3. The average Bonchev–Trinajstić information content (AvgIpc) is 2.10. The summed E-state index contributed by atoms with van der Waals surface area (Å²) in [6, 6.07) is 0. The summed E-state index contributed by atoms with van der Waals surface area (Å²) in [4.78, 5) is 0. The first-order chi connectivity index (χ1) is 8.19. The van der Waals surface area contributed by atoms with Crippen LogP contribution in [0.3, 0.4) is 0 Å². The zero-order valence-electron chi connectivity index (χ0n) is 10.4. The van der Waals surface area contributed by atoms with E-state index in [0.717, 1.165) is 25.5 Å². The number of hydrogen-bond acceptors (Lipinski definition) is 4. The molecular formula is C11H18NO4S2-. The van der Waals surface area contributed by atoms with E-state index in [9.17, 15) is 16.8 Å². The summed E-state index contributed by atoms with van der Waals surface area (Å²) in [5.41, 5.74) is 0. The fourth-order valence-corrected chi connectivity index (χ4v) is 8.00. The van der Waals surface area contributed by atoms with Gasteiger partial charge in [-0.2, -0.15) is 0 Å². The monoisotopic (exact) mass is 292 g/mol. The molecule has 0 N–H and O–H groups in total. The van der Waals surface area contributed by atoms with Gasteiger partial charge in [0, 0.05) is 6.26 Å². The van der Waals surface area contributed by atoms with Gasteiger partial charge >= 0.3 is 0 Å². The fraction of sp³-hybridized carbons (Fsp3) is 1.00. The van der Waals surface area contributed by atoms with E-state index >= 15 is 0 Å². The van der Waals surface area contributed by atoms with Crippen LogP contribution in [0, 0.1) is 17.8 Å². The maximum absolute atomic E-state index is 12.4. The average molecular weight is 292 g/mol. The number of nitrogens with zero attached hydrogens (tertiary/aromatic N) is 1. The molecule has 0 saturated heterocycles. The summed E-state index contributed by atoms with van der Waals surface area (Å²) in [6.45, 7) is 0. The third kappa shape index (κ3) is 2.00. The molecule has 0 aromatic heterocycles. The van der Waals surface area contributed by atoms with Gasteiger partial charge < -0.3 is 4.13 Å². The van der Waals surface area contributed by atoms with Gasteiger partial charge in [0.1, 0.15) is 0 Å². The van der Waals surface area contributed by atoms with Gasteiger partial charge in [0.25, 0.3) is 0 Å². The SMILES string of the molecule is CS(=O)(=O)[N-]S(=O)(=O)C12CC3CC(CC(C3)C1)C2. The Hall–Kier alpha value is -0.140. The second-order valence-electron chi connectivity index (χ2n) is 6.38. The Morgan fingerprint density at radius 2 is 1.28 bits per heavy atom. The van der Waals surface area contributed by atoms with Crippen molar-refractivity contribution in [1.29, 1.82) is 0 Å². The molecule has 0 atom stereocenters. The largest absolute Gasteiger partial charge is 0.436 e. The van der Waals surface area contributed by atoms with Crippen LogP contribution in [0.25, 0.3) is 4.13 Å². The highest BCUT2D eigenvalue weighted by Crippen LogP contribution is 2.59. The molecule has 0 aromatic rings. The maximum atomic E-state index is 12.4. The molecule has 0 spiro atoms. The fourth-order valence-electron chi connectivity index (χ4n) is 4.60. The van der Waals surface area contributed by atoms with Crippen molar-refractivity contribution in [3.63, 3.8) is 0 Å². The van der Waals surface area contributed by atoms with E-state index in [1.54, 1.807) is 0 Å². The minimum Gasteiger partial charge on any atom is -0.436 e. The molecule has 5 nitrogen and oxygen atoms in total. The lowest BCUT2D eigenvalue weighted by Gasteiger charge is -2.57. The Balaban J connectivity index is 1.96. The van der Waals surface area contributed by atoms with Crippen LogP contribution in [-0.2, 0) is 20.0 Å². The molecule has 0 heterocycles. The molecule has 4 fully saturated rings. The molecule has 0 unspecified atom stereocenters. The summed E-state index contributed by atoms with van der Waals surface area (Å²) < 4.78 is 49.4. The molecule has 4 saturated carbocycles. The number of hydrogen-bond donors (Lipinski definition) is 0. The van der Waals surface area contributed by atoms with Gasteiger partial charge in [0.05, 0.1) is 24.8 Å². The topological polar surface area (TPSA) is 82.4 Å². The van der Waals surface area contributed by atoms with Gasteiger partial charge in [-0.15, -0.1) is 0 Å².